The highest BCUT2D eigenvalue weighted by Gasteiger charge is 2.14. The fourth-order valence-electron chi connectivity index (χ4n) is 1.46. The van der Waals surface area contributed by atoms with Crippen LogP contribution in [0.3, 0.4) is 0 Å². The van der Waals surface area contributed by atoms with Crippen LogP contribution in [0.15, 0.2) is 0 Å². The molecule has 1 aromatic rings. The predicted octanol–water partition coefficient (Wildman–Crippen LogP) is 1.68. The van der Waals surface area contributed by atoms with Gasteiger partial charge in [-0.1, -0.05) is 6.92 Å². The summed E-state index contributed by atoms with van der Waals surface area (Å²) in [5, 5.41) is 4.43. The largest absolute Gasteiger partial charge is 0.368 e. The second-order valence-corrected chi connectivity index (χ2v) is 3.64. The maximum atomic E-state index is 5.83. The van der Waals surface area contributed by atoms with E-state index in [1.165, 1.54) is 0 Å². The van der Waals surface area contributed by atoms with Gasteiger partial charge in [0.1, 0.15) is 0 Å². The summed E-state index contributed by atoms with van der Waals surface area (Å²) >= 11 is 0. The molecular weight excluding hydrogens is 190 g/mol. The molecule has 0 spiro atoms. The number of aromatic nitrogens is 3. The Kier molecular flexibility index (Phi) is 3.94. The van der Waals surface area contributed by atoms with Gasteiger partial charge >= 0.3 is 0 Å². The monoisotopic (exact) mass is 211 g/mol. The highest BCUT2D eigenvalue weighted by molar-refractivity contribution is 5.34. The maximum Gasteiger partial charge on any atom is 0.246 e. The molecule has 1 rings (SSSR count). The van der Waals surface area contributed by atoms with Crippen LogP contribution < -0.4 is 10.6 Å². The van der Waals surface area contributed by atoms with Crippen molar-refractivity contribution in [3.63, 3.8) is 0 Å². The lowest BCUT2D eigenvalue weighted by Gasteiger charge is -2.15. The highest BCUT2D eigenvalue weighted by Crippen LogP contribution is 2.17. The standard InChI is InChI=1S/C10H21N5/c1-5-8(4)15-9(11)12-10(13-15)14(6-2)7-3/h8H,5-7H2,1-4H3,(H2,11,12,13). The lowest BCUT2D eigenvalue weighted by atomic mass is 10.3. The first-order valence-corrected chi connectivity index (χ1v) is 5.60. The summed E-state index contributed by atoms with van der Waals surface area (Å²) in [5.41, 5.74) is 5.83. The molecule has 0 fully saturated rings. The molecule has 1 atom stereocenters. The minimum Gasteiger partial charge on any atom is -0.368 e. The van der Waals surface area contributed by atoms with E-state index in [-0.39, 0.29) is 0 Å². The Bertz CT molecular complexity index is 303. The molecule has 0 saturated heterocycles. The molecule has 1 heterocycles. The topological polar surface area (TPSA) is 60.0 Å². The van der Waals surface area contributed by atoms with Gasteiger partial charge in [0.25, 0.3) is 0 Å². The van der Waals surface area contributed by atoms with Crippen LogP contribution >= 0.6 is 0 Å². The van der Waals surface area contributed by atoms with E-state index in [9.17, 15) is 0 Å². The minimum absolute atomic E-state index is 0.307. The van der Waals surface area contributed by atoms with Gasteiger partial charge in [0.2, 0.25) is 11.9 Å². The Morgan fingerprint density at radius 1 is 1.33 bits per heavy atom. The molecule has 0 aliphatic carbocycles. The molecule has 0 saturated carbocycles. The van der Waals surface area contributed by atoms with E-state index in [2.05, 4.69) is 42.7 Å². The quantitative estimate of drug-likeness (QED) is 0.805. The molecule has 2 N–H and O–H groups in total. The average Bonchev–Trinajstić information content (AvgIpc) is 2.61. The van der Waals surface area contributed by atoms with Gasteiger partial charge in [-0.15, -0.1) is 5.10 Å². The molecule has 1 aromatic heterocycles. The van der Waals surface area contributed by atoms with Crippen molar-refractivity contribution < 1.29 is 0 Å². The molecule has 0 aliphatic heterocycles. The van der Waals surface area contributed by atoms with E-state index in [1.807, 2.05) is 0 Å². The third kappa shape index (κ3) is 2.40. The van der Waals surface area contributed by atoms with E-state index in [0.29, 0.717) is 12.0 Å². The van der Waals surface area contributed by atoms with E-state index in [4.69, 9.17) is 5.73 Å². The average molecular weight is 211 g/mol. The van der Waals surface area contributed by atoms with Crippen molar-refractivity contribution in [2.75, 3.05) is 23.7 Å². The second-order valence-electron chi connectivity index (χ2n) is 3.64. The molecule has 15 heavy (non-hydrogen) atoms. The van der Waals surface area contributed by atoms with Crippen molar-refractivity contribution >= 4 is 11.9 Å². The summed E-state index contributed by atoms with van der Waals surface area (Å²) in [6.07, 6.45) is 1.01. The van der Waals surface area contributed by atoms with Crippen LogP contribution in [-0.2, 0) is 0 Å². The van der Waals surface area contributed by atoms with Gasteiger partial charge in [0.15, 0.2) is 0 Å². The van der Waals surface area contributed by atoms with Crippen LogP contribution in [0.4, 0.5) is 11.9 Å². The molecule has 0 bridgehead atoms. The van der Waals surface area contributed by atoms with Crippen molar-refractivity contribution in [2.45, 2.75) is 40.2 Å². The van der Waals surface area contributed by atoms with Crippen molar-refractivity contribution in [3.8, 4) is 0 Å². The first-order chi connectivity index (χ1) is 7.13. The van der Waals surface area contributed by atoms with Crippen LogP contribution in [0.5, 0.6) is 0 Å². The number of nitrogens with zero attached hydrogens (tertiary/aromatic N) is 4. The van der Waals surface area contributed by atoms with Gasteiger partial charge in [0, 0.05) is 13.1 Å². The van der Waals surface area contributed by atoms with E-state index < -0.39 is 0 Å². The van der Waals surface area contributed by atoms with Gasteiger partial charge in [0.05, 0.1) is 6.04 Å². The van der Waals surface area contributed by atoms with Gasteiger partial charge in [-0.2, -0.15) is 4.98 Å². The third-order valence-electron chi connectivity index (χ3n) is 2.70. The molecule has 0 aliphatic rings. The summed E-state index contributed by atoms with van der Waals surface area (Å²) in [5.74, 6) is 1.24. The molecular formula is C10H21N5. The number of rotatable bonds is 5. The lowest BCUT2D eigenvalue weighted by molar-refractivity contribution is 0.483. The van der Waals surface area contributed by atoms with Crippen LogP contribution in [0.1, 0.15) is 40.2 Å². The fraction of sp³-hybridized carbons (Fsp3) is 0.800. The van der Waals surface area contributed by atoms with E-state index >= 15 is 0 Å². The van der Waals surface area contributed by atoms with Gasteiger partial charge in [-0.3, -0.25) is 0 Å². The van der Waals surface area contributed by atoms with Crippen LogP contribution in [0.2, 0.25) is 0 Å². The summed E-state index contributed by atoms with van der Waals surface area (Å²) in [7, 11) is 0. The van der Waals surface area contributed by atoms with E-state index in [0.717, 1.165) is 25.5 Å². The second kappa shape index (κ2) is 5.00. The molecule has 1 unspecified atom stereocenters. The summed E-state index contributed by atoms with van der Waals surface area (Å²) in [4.78, 5) is 6.37. The van der Waals surface area contributed by atoms with Crippen LogP contribution in [0, 0.1) is 0 Å². The minimum atomic E-state index is 0.307. The summed E-state index contributed by atoms with van der Waals surface area (Å²) in [6, 6.07) is 0.307. The Morgan fingerprint density at radius 3 is 2.40 bits per heavy atom. The third-order valence-corrected chi connectivity index (χ3v) is 2.70. The molecule has 5 nitrogen and oxygen atoms in total. The van der Waals surface area contributed by atoms with Crippen molar-refractivity contribution in [3.05, 3.63) is 0 Å². The number of hydrogen-bond acceptors (Lipinski definition) is 4. The number of hydrogen-bond donors (Lipinski definition) is 1. The zero-order chi connectivity index (χ0) is 11.4. The number of anilines is 2. The smallest absolute Gasteiger partial charge is 0.246 e. The van der Waals surface area contributed by atoms with E-state index in [1.54, 1.807) is 4.68 Å². The normalized spacial score (nSPS) is 12.8. The Morgan fingerprint density at radius 2 is 1.93 bits per heavy atom. The molecule has 0 amide bonds. The van der Waals surface area contributed by atoms with Crippen molar-refractivity contribution in [1.82, 2.24) is 14.8 Å². The molecule has 5 heteroatoms. The first kappa shape index (κ1) is 11.8. The number of nitrogen functional groups attached to an aromatic ring is 1. The van der Waals surface area contributed by atoms with Crippen LogP contribution in [0.25, 0.3) is 0 Å². The highest BCUT2D eigenvalue weighted by atomic mass is 15.5. The Balaban J connectivity index is 2.94. The van der Waals surface area contributed by atoms with Gasteiger partial charge in [-0.25, -0.2) is 4.68 Å². The van der Waals surface area contributed by atoms with Gasteiger partial charge < -0.3 is 10.6 Å². The molecule has 0 radical (unpaired) electrons. The Hall–Kier alpha value is -1.26. The SMILES string of the molecule is CCC(C)n1nc(N(CC)CC)nc1N. The Labute approximate surface area is 91.3 Å². The maximum absolute atomic E-state index is 5.83. The predicted molar refractivity (Wildman–Crippen MR) is 63.0 cm³/mol. The fourth-order valence-corrected chi connectivity index (χ4v) is 1.46. The van der Waals surface area contributed by atoms with Crippen LogP contribution in [-0.4, -0.2) is 27.9 Å². The summed E-state index contributed by atoms with van der Waals surface area (Å²) in [6.45, 7) is 10.2. The number of nitrogens with two attached hydrogens (primary N) is 1. The zero-order valence-electron chi connectivity index (χ0n) is 10.1. The first-order valence-electron chi connectivity index (χ1n) is 5.60. The van der Waals surface area contributed by atoms with Crippen molar-refractivity contribution in [2.24, 2.45) is 0 Å². The van der Waals surface area contributed by atoms with Gasteiger partial charge in [-0.05, 0) is 27.2 Å². The van der Waals surface area contributed by atoms with Crippen molar-refractivity contribution in [1.29, 1.82) is 0 Å². The molecule has 0 aromatic carbocycles. The molecule has 86 valence electrons. The lowest BCUT2D eigenvalue weighted by Crippen LogP contribution is -2.23. The summed E-state index contributed by atoms with van der Waals surface area (Å²) < 4.78 is 1.80. The zero-order valence-corrected chi connectivity index (χ0v) is 10.1.